The summed E-state index contributed by atoms with van der Waals surface area (Å²) in [5.41, 5.74) is 41.5. The molecule has 0 N–H and O–H groups in total. The Bertz CT molecular complexity index is 7290. The normalized spacial score (nSPS) is 13.2. The largest absolute Gasteiger partial charge is 0.311 e. The standard InChI is InChI=1S/C126H114BN5/c1-121(2,3)85-49-61-100-101-62-50-86(122(4,5)6)70-109(101)130(108(100)69-85)93-59-67-106-114(75-93)128(91-55-45-83(46-56-91)118-96(79-33-23-19-24-34-79)41-31-42-97(118)80-35-25-20-26-36-80)116-77-95(132-112-73-89(125(13,14)15)53-65-104(112)105-66-54-90(74-113(105)132)126(16,17)18)78-117-120(116)127(106)107-68-60-94(131-110-71-87(123(7,8)9)51-63-102(110)103-64-52-88(72-111(103)131)124(10,11)12)76-115(107)129(117)92-57-47-84(48-58-92)119-98(81-37-27-21-28-38-81)43-32-44-99(119)82-39-29-22-30-40-82/h19-78H,1-18H3. The Morgan fingerprint density at radius 3 is 0.652 bits per heavy atom. The second-order valence-corrected chi connectivity index (χ2v) is 43.4. The lowest BCUT2D eigenvalue weighted by atomic mass is 9.33. The van der Waals surface area contributed by atoms with Crippen molar-refractivity contribution in [3.05, 3.63) is 397 Å². The van der Waals surface area contributed by atoms with Gasteiger partial charge in [-0.1, -0.05) is 392 Å². The molecule has 0 saturated carbocycles. The first-order valence-corrected chi connectivity index (χ1v) is 47.3. The third kappa shape index (κ3) is 14.0. The monoisotopic (exact) mass is 1710 g/mol. The van der Waals surface area contributed by atoms with Gasteiger partial charge in [-0.15, -0.1) is 0 Å². The van der Waals surface area contributed by atoms with Crippen LogP contribution >= 0.6 is 0 Å². The molecule has 20 aromatic rings. The maximum Gasteiger partial charge on any atom is 0.252 e. The predicted molar refractivity (Wildman–Crippen MR) is 568 cm³/mol. The second kappa shape index (κ2) is 30.7. The van der Waals surface area contributed by atoms with Crippen molar-refractivity contribution in [3.63, 3.8) is 0 Å². The molecule has 0 radical (unpaired) electrons. The molecule has 646 valence electrons. The summed E-state index contributed by atoms with van der Waals surface area (Å²) < 4.78 is 7.85. The number of hydrogen-bond donors (Lipinski definition) is 0. The molecule has 0 bridgehead atoms. The van der Waals surface area contributed by atoms with E-state index < -0.39 is 0 Å². The third-order valence-electron chi connectivity index (χ3n) is 28.6. The summed E-state index contributed by atoms with van der Waals surface area (Å²) >= 11 is 0. The fraction of sp³-hybridized carbons (Fsp3) is 0.190. The van der Waals surface area contributed by atoms with E-state index in [1.807, 2.05) is 0 Å². The van der Waals surface area contributed by atoms with Crippen molar-refractivity contribution in [2.75, 3.05) is 9.80 Å². The van der Waals surface area contributed by atoms with Gasteiger partial charge in [0.2, 0.25) is 0 Å². The maximum absolute atomic E-state index is 2.68. The average molecular weight is 1710 g/mol. The summed E-state index contributed by atoms with van der Waals surface area (Å²) in [5, 5.41) is 7.38. The third-order valence-corrected chi connectivity index (χ3v) is 28.6. The highest BCUT2D eigenvalue weighted by atomic mass is 15.2. The number of aromatic nitrogens is 3. The van der Waals surface area contributed by atoms with Crippen molar-refractivity contribution in [1.29, 1.82) is 0 Å². The average Bonchev–Trinajstić information content (AvgIpc) is 0.990. The number of rotatable bonds is 11. The molecule has 0 unspecified atom stereocenters. The van der Waals surface area contributed by atoms with Crippen LogP contribution in [0, 0.1) is 0 Å². The zero-order chi connectivity index (χ0) is 91.1. The van der Waals surface area contributed by atoms with Crippen LogP contribution in [0.3, 0.4) is 0 Å². The molecule has 132 heavy (non-hydrogen) atoms. The van der Waals surface area contributed by atoms with E-state index in [-0.39, 0.29) is 39.2 Å². The van der Waals surface area contributed by atoms with Crippen LogP contribution in [-0.2, 0) is 32.5 Å². The van der Waals surface area contributed by atoms with Crippen molar-refractivity contribution in [3.8, 4) is 83.8 Å². The zero-order valence-electron chi connectivity index (χ0n) is 79.5. The fourth-order valence-electron chi connectivity index (χ4n) is 21.3. The van der Waals surface area contributed by atoms with E-state index >= 15 is 0 Å². The quantitative estimate of drug-likeness (QED) is 0.120. The lowest BCUT2D eigenvalue weighted by Gasteiger charge is -2.44. The molecule has 0 saturated heterocycles. The highest BCUT2D eigenvalue weighted by Gasteiger charge is 2.45. The number of nitrogens with zero attached hydrogens (tertiary/aromatic N) is 5. The number of hydrogen-bond acceptors (Lipinski definition) is 2. The van der Waals surface area contributed by atoms with Crippen LogP contribution in [0.4, 0.5) is 34.1 Å². The Morgan fingerprint density at radius 1 is 0.182 bits per heavy atom. The molecule has 2 aliphatic rings. The van der Waals surface area contributed by atoms with Crippen molar-refractivity contribution in [1.82, 2.24) is 13.7 Å². The Hall–Kier alpha value is -14.2. The van der Waals surface area contributed by atoms with Gasteiger partial charge in [-0.3, -0.25) is 0 Å². The number of benzene rings is 17. The first kappa shape index (κ1) is 83.4. The topological polar surface area (TPSA) is 21.3 Å². The molecule has 5 heterocycles. The second-order valence-electron chi connectivity index (χ2n) is 43.4. The minimum Gasteiger partial charge on any atom is -0.311 e. The minimum absolute atomic E-state index is 0.122. The summed E-state index contributed by atoms with van der Waals surface area (Å²) in [5.74, 6) is 0. The molecular weight excluding hydrogens is 1590 g/mol. The fourth-order valence-corrected chi connectivity index (χ4v) is 21.3. The summed E-state index contributed by atoms with van der Waals surface area (Å²) in [7, 11) is 0. The maximum atomic E-state index is 2.68. The van der Waals surface area contributed by atoms with E-state index in [9.17, 15) is 0 Å². The molecule has 0 aliphatic carbocycles. The van der Waals surface area contributed by atoms with Crippen molar-refractivity contribution < 1.29 is 0 Å². The van der Waals surface area contributed by atoms with E-state index in [0.717, 1.165) is 62.3 Å². The van der Waals surface area contributed by atoms with Crippen molar-refractivity contribution >= 4 is 123 Å². The molecular formula is C126H114BN5. The first-order valence-electron chi connectivity index (χ1n) is 47.3. The van der Waals surface area contributed by atoms with Crippen LogP contribution in [0.15, 0.2) is 364 Å². The molecule has 0 spiro atoms. The molecule has 17 aromatic carbocycles. The Labute approximate surface area is 779 Å². The van der Waals surface area contributed by atoms with Gasteiger partial charge in [0.15, 0.2) is 0 Å². The van der Waals surface area contributed by atoms with Gasteiger partial charge in [0.1, 0.15) is 0 Å². The summed E-state index contributed by atoms with van der Waals surface area (Å²) in [4.78, 5) is 5.35. The molecule has 5 nitrogen and oxygen atoms in total. The van der Waals surface area contributed by atoms with Crippen LogP contribution < -0.4 is 26.2 Å². The summed E-state index contributed by atoms with van der Waals surface area (Å²) in [6, 6.07) is 141. The van der Waals surface area contributed by atoms with E-state index in [1.165, 1.54) is 171 Å². The van der Waals surface area contributed by atoms with Crippen LogP contribution in [0.5, 0.6) is 0 Å². The van der Waals surface area contributed by atoms with Gasteiger partial charge in [0, 0.05) is 77.8 Å². The molecule has 6 heteroatoms. The first-order chi connectivity index (χ1) is 63.3. The molecule has 0 fully saturated rings. The lowest BCUT2D eigenvalue weighted by Crippen LogP contribution is -2.61. The summed E-state index contributed by atoms with van der Waals surface area (Å²) in [6.07, 6.45) is 0. The van der Waals surface area contributed by atoms with Gasteiger partial charge in [0.05, 0.1) is 38.8 Å². The van der Waals surface area contributed by atoms with Crippen LogP contribution in [0.2, 0.25) is 0 Å². The van der Waals surface area contributed by atoms with Gasteiger partial charge in [-0.25, -0.2) is 0 Å². The lowest BCUT2D eigenvalue weighted by molar-refractivity contribution is 0.590. The summed E-state index contributed by atoms with van der Waals surface area (Å²) in [6.45, 7) is 42.0. The van der Waals surface area contributed by atoms with E-state index in [1.54, 1.807) is 0 Å². The molecule has 2 aliphatic heterocycles. The van der Waals surface area contributed by atoms with Crippen molar-refractivity contribution in [2.24, 2.45) is 0 Å². The van der Waals surface area contributed by atoms with Gasteiger partial charge >= 0.3 is 0 Å². The van der Waals surface area contributed by atoms with Gasteiger partial charge in [0.25, 0.3) is 6.71 Å². The molecule has 0 amide bonds. The molecule has 22 rings (SSSR count). The smallest absolute Gasteiger partial charge is 0.252 e. The van der Waals surface area contributed by atoms with Gasteiger partial charge in [-0.2, -0.15) is 0 Å². The van der Waals surface area contributed by atoms with Crippen molar-refractivity contribution in [2.45, 2.75) is 157 Å². The predicted octanol–water partition coefficient (Wildman–Crippen LogP) is 32.8. The number of fused-ring (bicyclic) bond motifs is 13. The molecule has 3 aromatic heterocycles. The van der Waals surface area contributed by atoms with E-state index in [2.05, 4.69) is 512 Å². The Kier molecular flexibility index (Phi) is 19.4. The molecule has 0 atom stereocenters. The van der Waals surface area contributed by atoms with E-state index in [4.69, 9.17) is 0 Å². The highest BCUT2D eigenvalue weighted by molar-refractivity contribution is 7.00. The SMILES string of the molecule is CC(C)(C)c1ccc2c3ccc(C(C)(C)C)cc3n(-c3ccc4c(c3)N(c3ccc(-c5c(-c6ccccc6)cccc5-c5ccccc5)cc3)c3cc(-n5c6cc(C(C)(C)C)ccc6c6ccc(C(C)(C)C)cc65)cc5c3B4c3ccc(-n4c6cc(C(C)(C)C)ccc6c6ccc(C(C)(C)C)cc64)cc3N5c3ccc(-c4c(-c5ccccc5)cccc4-c4ccccc4)cc3)c2c1. The van der Waals surface area contributed by atoms with Gasteiger partial charge < -0.3 is 23.5 Å². The highest BCUT2D eigenvalue weighted by Crippen LogP contribution is 2.53. The Morgan fingerprint density at radius 2 is 0.409 bits per heavy atom. The Balaban J connectivity index is 0.890. The van der Waals surface area contributed by atoms with Gasteiger partial charge in [-0.05, 0) is 246 Å². The van der Waals surface area contributed by atoms with Crippen LogP contribution in [0.25, 0.3) is 149 Å². The van der Waals surface area contributed by atoms with Crippen LogP contribution in [0.1, 0.15) is 158 Å². The van der Waals surface area contributed by atoms with E-state index in [0.29, 0.717) is 0 Å². The minimum atomic E-state index is -0.296. The number of anilines is 6. The van der Waals surface area contributed by atoms with Crippen LogP contribution in [-0.4, -0.2) is 20.4 Å². The zero-order valence-corrected chi connectivity index (χ0v) is 79.5.